The molecule has 0 bridgehead atoms. The van der Waals surface area contributed by atoms with E-state index >= 15 is 0 Å². The molecule has 2 nitrogen and oxygen atoms in total. The van der Waals surface area contributed by atoms with E-state index in [0.29, 0.717) is 0 Å². The minimum Gasteiger partial charge on any atom is -0.256 e. The highest BCUT2D eigenvalue weighted by atomic mass is 15.4. The van der Waals surface area contributed by atoms with Gasteiger partial charge < -0.3 is 0 Å². The maximum absolute atomic E-state index is 4.41. The molecule has 0 aliphatic carbocycles. The fraction of sp³-hybridized carbons (Fsp3) is 0.750. The van der Waals surface area contributed by atoms with Gasteiger partial charge >= 0.3 is 0 Å². The van der Waals surface area contributed by atoms with Gasteiger partial charge in [0.05, 0.1) is 20.3 Å². The summed E-state index contributed by atoms with van der Waals surface area (Å²) < 4.78 is 0.855. The van der Waals surface area contributed by atoms with Gasteiger partial charge in [-0.1, -0.05) is 32.6 Å². The molecule has 0 amide bonds. The third kappa shape index (κ3) is 3.26. The van der Waals surface area contributed by atoms with Gasteiger partial charge in [0.25, 0.3) is 0 Å². The Kier molecular flexibility index (Phi) is 4.33. The highest BCUT2D eigenvalue weighted by Crippen LogP contribution is 2.15. The first-order valence-corrected chi connectivity index (χ1v) is 5.75. The molecule has 0 spiro atoms. The van der Waals surface area contributed by atoms with Crippen molar-refractivity contribution in [2.24, 2.45) is 4.99 Å². The number of unbranched alkanes of at least 4 members (excludes halogenated alkanes) is 4. The summed E-state index contributed by atoms with van der Waals surface area (Å²) in [6, 6.07) is 0. The molecule has 1 aliphatic heterocycles. The van der Waals surface area contributed by atoms with E-state index in [1.165, 1.54) is 37.9 Å². The average Bonchev–Trinajstić information content (AvgIpc) is 2.45. The largest absolute Gasteiger partial charge is 0.256 e. The SMILES string of the molecule is CCCCCCCC1=NC=C[N+]1(C)C. The first-order valence-electron chi connectivity index (χ1n) is 5.75. The summed E-state index contributed by atoms with van der Waals surface area (Å²) >= 11 is 0. The number of rotatable bonds is 6. The number of hydrogen-bond acceptors (Lipinski definition) is 1. The lowest BCUT2D eigenvalue weighted by Crippen LogP contribution is -2.37. The molecule has 0 radical (unpaired) electrons. The molecule has 80 valence electrons. The average molecular weight is 195 g/mol. The van der Waals surface area contributed by atoms with Gasteiger partial charge in [-0.15, -0.1) is 0 Å². The van der Waals surface area contributed by atoms with Crippen molar-refractivity contribution in [3.8, 4) is 0 Å². The van der Waals surface area contributed by atoms with Crippen molar-refractivity contribution in [3.05, 3.63) is 12.4 Å². The zero-order chi connectivity index (χ0) is 10.4. The number of aliphatic imine (C=N–C) groups is 1. The number of amidine groups is 1. The molecule has 0 unspecified atom stereocenters. The van der Waals surface area contributed by atoms with Gasteiger partial charge in [0, 0.05) is 6.42 Å². The summed E-state index contributed by atoms with van der Waals surface area (Å²) in [5.41, 5.74) is 0. The molecule has 14 heavy (non-hydrogen) atoms. The number of nitrogens with zero attached hydrogens (tertiary/aromatic N) is 2. The van der Waals surface area contributed by atoms with Crippen LogP contribution in [0.15, 0.2) is 17.4 Å². The lowest BCUT2D eigenvalue weighted by atomic mass is 10.1. The fourth-order valence-electron chi connectivity index (χ4n) is 1.76. The Morgan fingerprint density at radius 2 is 1.86 bits per heavy atom. The highest BCUT2D eigenvalue weighted by molar-refractivity contribution is 5.77. The molecule has 1 aliphatic rings. The molecule has 1 rings (SSSR count). The first kappa shape index (κ1) is 11.4. The standard InChI is InChI=1S/C12H23N2/c1-4-5-6-7-8-9-12-13-10-11-14(12,2)3/h10-11H,4-9H2,1-3H3/q+1. The number of quaternary nitrogens is 1. The molecule has 0 aromatic heterocycles. The zero-order valence-corrected chi connectivity index (χ0v) is 9.79. The molecule has 0 aromatic rings. The molecule has 1 heterocycles. The first-order chi connectivity index (χ1) is 6.67. The van der Waals surface area contributed by atoms with Crippen LogP contribution in [0.25, 0.3) is 0 Å². The Hall–Kier alpha value is -0.630. The van der Waals surface area contributed by atoms with Crippen molar-refractivity contribution in [2.75, 3.05) is 14.1 Å². The van der Waals surface area contributed by atoms with Gasteiger partial charge in [-0.05, 0) is 6.42 Å². The molecular formula is C12H23N2+. The normalized spacial score (nSPS) is 18.6. The lowest BCUT2D eigenvalue weighted by molar-refractivity contribution is -0.741. The van der Waals surface area contributed by atoms with Crippen LogP contribution in [0.4, 0.5) is 0 Å². The predicted molar refractivity (Wildman–Crippen MR) is 62.1 cm³/mol. The Bertz CT molecular complexity index is 226. The van der Waals surface area contributed by atoms with E-state index in [1.54, 1.807) is 0 Å². The Balaban J connectivity index is 2.14. The van der Waals surface area contributed by atoms with Crippen LogP contribution in [0, 0.1) is 0 Å². The van der Waals surface area contributed by atoms with Crippen LogP contribution in [-0.4, -0.2) is 24.4 Å². The van der Waals surface area contributed by atoms with Gasteiger partial charge in [-0.2, -0.15) is 0 Å². The predicted octanol–water partition coefficient (Wildman–Crippen LogP) is 3.31. The third-order valence-corrected chi connectivity index (χ3v) is 2.83. The van der Waals surface area contributed by atoms with Gasteiger partial charge in [-0.3, -0.25) is 4.48 Å². The third-order valence-electron chi connectivity index (χ3n) is 2.83. The smallest absolute Gasteiger partial charge is 0.207 e. The summed E-state index contributed by atoms with van der Waals surface area (Å²) in [6.07, 6.45) is 12.0. The minimum atomic E-state index is 0.855. The van der Waals surface area contributed by atoms with Crippen LogP contribution >= 0.6 is 0 Å². The molecule has 0 fully saturated rings. The zero-order valence-electron chi connectivity index (χ0n) is 9.79. The van der Waals surface area contributed by atoms with Crippen molar-refractivity contribution in [1.29, 1.82) is 0 Å². The van der Waals surface area contributed by atoms with E-state index in [4.69, 9.17) is 0 Å². The Labute approximate surface area is 87.9 Å². The molecule has 0 N–H and O–H groups in total. The molecular weight excluding hydrogens is 172 g/mol. The summed E-state index contributed by atoms with van der Waals surface area (Å²) in [5, 5.41) is 0. The van der Waals surface area contributed by atoms with E-state index < -0.39 is 0 Å². The van der Waals surface area contributed by atoms with Crippen LogP contribution in [0.1, 0.15) is 45.4 Å². The maximum atomic E-state index is 4.41. The minimum absolute atomic E-state index is 0.855. The van der Waals surface area contributed by atoms with Crippen molar-refractivity contribution in [1.82, 2.24) is 0 Å². The second kappa shape index (κ2) is 5.30. The molecule has 0 saturated carbocycles. The van der Waals surface area contributed by atoms with E-state index in [1.807, 2.05) is 6.20 Å². The van der Waals surface area contributed by atoms with Crippen molar-refractivity contribution in [2.45, 2.75) is 45.4 Å². The highest BCUT2D eigenvalue weighted by Gasteiger charge is 2.23. The topological polar surface area (TPSA) is 12.4 Å². The summed E-state index contributed by atoms with van der Waals surface area (Å²) in [5.74, 6) is 1.31. The molecule has 0 aromatic carbocycles. The monoisotopic (exact) mass is 195 g/mol. The van der Waals surface area contributed by atoms with Crippen LogP contribution in [0.2, 0.25) is 0 Å². The fourth-order valence-corrected chi connectivity index (χ4v) is 1.76. The van der Waals surface area contributed by atoms with Gasteiger partial charge in [0.2, 0.25) is 5.84 Å². The van der Waals surface area contributed by atoms with Gasteiger partial charge in [-0.25, -0.2) is 4.99 Å². The van der Waals surface area contributed by atoms with E-state index in [9.17, 15) is 0 Å². The lowest BCUT2D eigenvalue weighted by Gasteiger charge is -2.21. The maximum Gasteiger partial charge on any atom is 0.207 e. The van der Waals surface area contributed by atoms with E-state index in [0.717, 1.165) is 10.9 Å². The van der Waals surface area contributed by atoms with Crippen LogP contribution in [-0.2, 0) is 0 Å². The van der Waals surface area contributed by atoms with E-state index in [2.05, 4.69) is 32.2 Å². The van der Waals surface area contributed by atoms with Gasteiger partial charge in [0.15, 0.2) is 0 Å². The summed E-state index contributed by atoms with van der Waals surface area (Å²) in [4.78, 5) is 4.41. The van der Waals surface area contributed by atoms with Crippen LogP contribution in [0.3, 0.4) is 0 Å². The van der Waals surface area contributed by atoms with Gasteiger partial charge in [0.1, 0.15) is 6.20 Å². The van der Waals surface area contributed by atoms with Crippen LogP contribution < -0.4 is 0 Å². The number of hydrogen-bond donors (Lipinski definition) is 0. The molecule has 0 atom stereocenters. The molecule has 0 saturated heterocycles. The quantitative estimate of drug-likeness (QED) is 0.455. The van der Waals surface area contributed by atoms with Crippen LogP contribution in [0.5, 0.6) is 0 Å². The van der Waals surface area contributed by atoms with Crippen molar-refractivity contribution in [3.63, 3.8) is 0 Å². The van der Waals surface area contributed by atoms with Crippen molar-refractivity contribution < 1.29 is 4.48 Å². The Morgan fingerprint density at radius 1 is 1.14 bits per heavy atom. The molecule has 2 heteroatoms. The summed E-state index contributed by atoms with van der Waals surface area (Å²) in [7, 11) is 4.38. The van der Waals surface area contributed by atoms with E-state index in [-0.39, 0.29) is 0 Å². The summed E-state index contributed by atoms with van der Waals surface area (Å²) in [6.45, 7) is 2.25. The second-order valence-corrected chi connectivity index (χ2v) is 4.55. The second-order valence-electron chi connectivity index (χ2n) is 4.55. The Morgan fingerprint density at radius 3 is 2.43 bits per heavy atom. The van der Waals surface area contributed by atoms with Crippen molar-refractivity contribution >= 4 is 5.84 Å².